The monoisotopic (exact) mass is 510 g/mol. The Morgan fingerprint density at radius 2 is 1.58 bits per heavy atom. The van der Waals surface area contributed by atoms with E-state index < -0.39 is 10.8 Å². The second-order valence-corrected chi connectivity index (χ2v) is 12.4. The van der Waals surface area contributed by atoms with Gasteiger partial charge in [0.25, 0.3) is 5.56 Å². The third-order valence-corrected chi connectivity index (χ3v) is 8.52. The first-order valence-electron chi connectivity index (χ1n) is 13.6. The number of piperidine rings is 1. The number of rotatable bonds is 4. The molecule has 2 aliphatic rings. The zero-order valence-electron chi connectivity index (χ0n) is 24.1. The third kappa shape index (κ3) is 4.58. The summed E-state index contributed by atoms with van der Waals surface area (Å²) in [6, 6.07) is 7.42. The van der Waals surface area contributed by atoms with Gasteiger partial charge in [0.1, 0.15) is 37.1 Å². The highest BCUT2D eigenvalue weighted by atomic mass is 16.6. The molecule has 2 aromatic heterocycles. The van der Waals surface area contributed by atoms with Crippen LogP contribution in [0, 0.1) is 13.8 Å². The summed E-state index contributed by atoms with van der Waals surface area (Å²) in [6.45, 7) is 9.71. The molecule has 13 heteroatoms. The van der Waals surface area contributed by atoms with Crippen LogP contribution >= 0.6 is 0 Å². The van der Waals surface area contributed by atoms with Crippen LogP contribution in [0.15, 0.2) is 29.1 Å². The van der Waals surface area contributed by atoms with Crippen molar-refractivity contribution in [2.24, 2.45) is 0 Å². The van der Waals surface area contributed by atoms with Gasteiger partial charge in [-0.3, -0.25) is 4.79 Å². The molecule has 3 aromatic rings. The molecule has 38 heavy (non-hydrogen) atoms. The number of hydrogen-bond acceptors (Lipinski definition) is 7. The third-order valence-electron chi connectivity index (χ3n) is 8.52. The minimum Gasteiger partial charge on any atom is -0.499 e. The predicted octanol–water partition coefficient (Wildman–Crippen LogP) is -1.55. The molecule has 0 amide bonds. The summed E-state index contributed by atoms with van der Waals surface area (Å²) in [5, 5.41) is 3.85. The maximum atomic E-state index is 12.9. The highest BCUT2D eigenvalue weighted by molar-refractivity contribution is 6.53. The Kier molecular flexibility index (Phi) is 6.35. The van der Waals surface area contributed by atoms with E-state index in [0.29, 0.717) is 11.4 Å². The Balaban J connectivity index is 1.34. The first-order valence-corrected chi connectivity index (χ1v) is 13.6. The molecule has 194 valence electrons. The van der Waals surface area contributed by atoms with E-state index in [4.69, 9.17) is 24.3 Å². The van der Waals surface area contributed by atoms with Crippen LogP contribution in [0.4, 0.5) is 5.82 Å². The molecule has 0 aliphatic carbocycles. The molecule has 4 heterocycles. The normalized spacial score (nSPS) is 19.4. The van der Waals surface area contributed by atoms with Gasteiger partial charge in [-0.05, 0) is 44.7 Å². The standard InChI is InChI=1S/C25H35B5N4O4/c1-13(2)17-12-20(35)34-21(31-17)14(3)15(4)22(32-34)33-9-7-23(26,8-10-33)36-16-5-6-18-19(11-16)38-25(29,30)24(27,28)37-18/h5-6,11-13H,7-10,26-30H2,1-4H3. The number of aromatic nitrogens is 3. The summed E-state index contributed by atoms with van der Waals surface area (Å²) < 4.78 is 20.5. The van der Waals surface area contributed by atoms with E-state index in [-0.39, 0.29) is 17.0 Å². The van der Waals surface area contributed by atoms with Crippen molar-refractivity contribution < 1.29 is 14.2 Å². The number of benzene rings is 1. The fourth-order valence-corrected chi connectivity index (χ4v) is 5.02. The van der Waals surface area contributed by atoms with Gasteiger partial charge < -0.3 is 19.1 Å². The SMILES string of the molecule is BC1(Oc2ccc3c(c2)OC(B)(B)C(B)(B)O3)CCN(c2nn3c(=O)cc(C(C)C)nc3c(C)c2C)CC1. The molecular weight excluding hydrogens is 474 g/mol. The van der Waals surface area contributed by atoms with Gasteiger partial charge in [0.15, 0.2) is 30.8 Å². The van der Waals surface area contributed by atoms with Crippen molar-refractivity contribution in [2.45, 2.75) is 62.8 Å². The van der Waals surface area contributed by atoms with Crippen LogP contribution in [0.25, 0.3) is 5.65 Å². The van der Waals surface area contributed by atoms with Crippen molar-refractivity contribution in [3.8, 4) is 17.2 Å². The van der Waals surface area contributed by atoms with Crippen LogP contribution in [0.3, 0.4) is 0 Å². The quantitative estimate of drug-likeness (QED) is 0.394. The second kappa shape index (κ2) is 9.06. The Bertz CT molecular complexity index is 1470. The highest BCUT2D eigenvalue weighted by Crippen LogP contribution is 2.42. The minimum atomic E-state index is -0.468. The number of aryl methyl sites for hydroxylation is 1. The summed E-state index contributed by atoms with van der Waals surface area (Å²) in [5.74, 6) is 3.23. The summed E-state index contributed by atoms with van der Waals surface area (Å²) in [6.07, 6.45) is 1.63. The first-order chi connectivity index (χ1) is 17.7. The molecule has 0 atom stereocenters. The molecule has 5 rings (SSSR count). The van der Waals surface area contributed by atoms with Gasteiger partial charge in [0, 0.05) is 36.3 Å². The van der Waals surface area contributed by atoms with Crippen LogP contribution in [0.5, 0.6) is 17.2 Å². The maximum absolute atomic E-state index is 12.9. The lowest BCUT2D eigenvalue weighted by atomic mass is 9.41. The molecule has 0 N–H and O–H groups in total. The summed E-state index contributed by atoms with van der Waals surface area (Å²) in [4.78, 5) is 19.9. The molecule has 1 saturated heterocycles. The first kappa shape index (κ1) is 26.6. The lowest BCUT2D eigenvalue weighted by Crippen LogP contribution is -2.65. The molecule has 1 fully saturated rings. The molecule has 0 saturated carbocycles. The van der Waals surface area contributed by atoms with E-state index in [1.165, 1.54) is 4.52 Å². The van der Waals surface area contributed by atoms with E-state index in [2.05, 4.69) is 19.7 Å². The van der Waals surface area contributed by atoms with Crippen LogP contribution in [-0.2, 0) is 0 Å². The topological polar surface area (TPSA) is 78.2 Å². The highest BCUT2D eigenvalue weighted by Gasteiger charge is 2.44. The van der Waals surface area contributed by atoms with Crippen LogP contribution in [0.2, 0.25) is 0 Å². The van der Waals surface area contributed by atoms with Gasteiger partial charge in [0.05, 0.1) is 22.0 Å². The molecule has 1 aromatic carbocycles. The van der Waals surface area contributed by atoms with Crippen molar-refractivity contribution in [1.29, 1.82) is 0 Å². The maximum Gasteiger partial charge on any atom is 0.274 e. The Hall–Kier alpha value is -2.97. The minimum absolute atomic E-state index is 0.140. The van der Waals surface area contributed by atoms with Crippen molar-refractivity contribution in [3.05, 3.63) is 51.4 Å². The number of fused-ring (bicyclic) bond motifs is 2. The average Bonchev–Trinajstić information content (AvgIpc) is 2.82. The molecule has 0 bridgehead atoms. The van der Waals surface area contributed by atoms with Gasteiger partial charge in [-0.2, -0.15) is 4.52 Å². The smallest absolute Gasteiger partial charge is 0.274 e. The van der Waals surface area contributed by atoms with Crippen molar-refractivity contribution >= 4 is 50.7 Å². The van der Waals surface area contributed by atoms with Gasteiger partial charge in [-0.15, -0.1) is 5.10 Å². The number of nitrogens with zero attached hydrogens (tertiary/aromatic N) is 4. The predicted molar refractivity (Wildman–Crippen MR) is 164 cm³/mol. The van der Waals surface area contributed by atoms with Gasteiger partial charge in [-0.1, -0.05) is 13.8 Å². The molecule has 0 unspecified atom stereocenters. The Morgan fingerprint density at radius 1 is 0.947 bits per heavy atom. The molecule has 8 nitrogen and oxygen atoms in total. The van der Waals surface area contributed by atoms with Crippen molar-refractivity contribution in [1.82, 2.24) is 14.6 Å². The van der Waals surface area contributed by atoms with Crippen molar-refractivity contribution in [3.63, 3.8) is 0 Å². The zero-order valence-corrected chi connectivity index (χ0v) is 24.1. The zero-order chi connectivity index (χ0) is 27.6. The fraction of sp³-hybridized carbons (Fsp3) is 0.480. The Morgan fingerprint density at radius 3 is 2.21 bits per heavy atom. The fourth-order valence-electron chi connectivity index (χ4n) is 5.02. The lowest BCUT2D eigenvalue weighted by Gasteiger charge is -2.47. The van der Waals surface area contributed by atoms with E-state index in [1.54, 1.807) is 6.07 Å². The summed E-state index contributed by atoms with van der Waals surface area (Å²) >= 11 is 0. The number of hydrogen-bond donors (Lipinski definition) is 0. The van der Waals surface area contributed by atoms with E-state index >= 15 is 0 Å². The molecule has 2 aliphatic heterocycles. The molecular formula is C25H35B5N4O4. The van der Waals surface area contributed by atoms with Gasteiger partial charge in [0.2, 0.25) is 0 Å². The van der Waals surface area contributed by atoms with E-state index in [1.807, 2.05) is 70.4 Å². The van der Waals surface area contributed by atoms with Gasteiger partial charge in [-0.25, -0.2) is 4.98 Å². The second-order valence-electron chi connectivity index (χ2n) is 12.4. The van der Waals surface area contributed by atoms with E-state index in [0.717, 1.165) is 60.1 Å². The summed E-state index contributed by atoms with van der Waals surface area (Å²) in [7, 11) is 10.3. The number of anilines is 1. The molecule has 0 spiro atoms. The summed E-state index contributed by atoms with van der Waals surface area (Å²) in [5.41, 5.74) is 3.00. The van der Waals surface area contributed by atoms with E-state index in [9.17, 15) is 4.79 Å². The van der Waals surface area contributed by atoms with Crippen molar-refractivity contribution in [2.75, 3.05) is 18.0 Å². The van der Waals surface area contributed by atoms with Gasteiger partial charge >= 0.3 is 0 Å². The van der Waals surface area contributed by atoms with Crippen LogP contribution < -0.4 is 24.7 Å². The largest absolute Gasteiger partial charge is 0.499 e. The lowest BCUT2D eigenvalue weighted by molar-refractivity contribution is 0.0603. The Labute approximate surface area is 228 Å². The average molecular weight is 510 g/mol. The molecule has 0 radical (unpaired) electrons. The number of ether oxygens (including phenoxy) is 3. The van der Waals surface area contributed by atoms with Crippen LogP contribution in [-0.4, -0.2) is 83.2 Å². The van der Waals surface area contributed by atoms with Crippen LogP contribution in [0.1, 0.15) is 49.4 Å².